The second-order valence-electron chi connectivity index (χ2n) is 15.0. The van der Waals surface area contributed by atoms with E-state index in [-0.39, 0.29) is 0 Å². The van der Waals surface area contributed by atoms with Crippen LogP contribution in [-0.4, -0.2) is 0 Å². The van der Waals surface area contributed by atoms with E-state index in [9.17, 15) is 0 Å². The highest BCUT2D eigenvalue weighted by Crippen LogP contribution is 2.37. The SMILES string of the molecule is Cc1ccc(/C(=C/C=C/c2ccc(N(c3ccc(/C=C/C=C(\c4ccccc4)c4ccc(C)cc4)cc3)c3ccc4c(c3)CCCC4)cc2)c2ccccc2)cc1. The first-order valence-electron chi connectivity index (χ1n) is 20.2. The van der Waals surface area contributed by atoms with Crippen molar-refractivity contribution in [1.82, 2.24) is 0 Å². The van der Waals surface area contributed by atoms with Crippen molar-refractivity contribution >= 4 is 40.4 Å². The molecule has 0 aromatic heterocycles. The number of rotatable bonds is 11. The first-order valence-corrected chi connectivity index (χ1v) is 20.2. The zero-order valence-corrected chi connectivity index (χ0v) is 33.0. The molecule has 1 aliphatic carbocycles. The van der Waals surface area contributed by atoms with Crippen molar-refractivity contribution in [3.05, 3.63) is 256 Å². The van der Waals surface area contributed by atoms with Gasteiger partial charge in [0.2, 0.25) is 0 Å². The van der Waals surface area contributed by atoms with E-state index in [1.807, 2.05) is 0 Å². The van der Waals surface area contributed by atoms with E-state index >= 15 is 0 Å². The molecule has 0 unspecified atom stereocenters. The molecule has 8 rings (SSSR count). The van der Waals surface area contributed by atoms with E-state index < -0.39 is 0 Å². The molecule has 0 saturated heterocycles. The van der Waals surface area contributed by atoms with Crippen LogP contribution < -0.4 is 4.90 Å². The minimum atomic E-state index is 1.14. The number of benzene rings is 7. The lowest BCUT2D eigenvalue weighted by Gasteiger charge is -2.27. The molecule has 0 spiro atoms. The van der Waals surface area contributed by atoms with Crippen LogP contribution in [0, 0.1) is 13.8 Å². The summed E-state index contributed by atoms with van der Waals surface area (Å²) in [6.45, 7) is 4.26. The van der Waals surface area contributed by atoms with Crippen LogP contribution in [0.15, 0.2) is 200 Å². The Labute approximate surface area is 339 Å². The van der Waals surface area contributed by atoms with Crippen LogP contribution in [0.2, 0.25) is 0 Å². The molecule has 0 aliphatic heterocycles. The van der Waals surface area contributed by atoms with Gasteiger partial charge >= 0.3 is 0 Å². The van der Waals surface area contributed by atoms with Gasteiger partial charge in [-0.25, -0.2) is 0 Å². The highest BCUT2D eigenvalue weighted by Gasteiger charge is 2.16. The Morgan fingerprint density at radius 3 is 1.26 bits per heavy atom. The maximum atomic E-state index is 2.41. The molecule has 1 nitrogen and oxygen atoms in total. The molecule has 0 atom stereocenters. The van der Waals surface area contributed by atoms with Gasteiger partial charge in [0.1, 0.15) is 0 Å². The Morgan fingerprint density at radius 1 is 0.404 bits per heavy atom. The Kier molecular flexibility index (Phi) is 11.7. The van der Waals surface area contributed by atoms with Gasteiger partial charge in [-0.1, -0.05) is 187 Å². The third kappa shape index (κ3) is 9.23. The van der Waals surface area contributed by atoms with Crippen LogP contribution in [0.25, 0.3) is 23.3 Å². The van der Waals surface area contributed by atoms with Crippen LogP contribution in [0.4, 0.5) is 17.1 Å². The van der Waals surface area contributed by atoms with Gasteiger partial charge in [-0.3, -0.25) is 0 Å². The molecule has 7 aromatic rings. The van der Waals surface area contributed by atoms with Crippen LogP contribution in [0.5, 0.6) is 0 Å². The molecule has 57 heavy (non-hydrogen) atoms. The van der Waals surface area contributed by atoms with Gasteiger partial charge in [0, 0.05) is 17.1 Å². The molecule has 0 fully saturated rings. The summed E-state index contributed by atoms with van der Waals surface area (Å²) in [5.41, 5.74) is 18.5. The summed E-state index contributed by atoms with van der Waals surface area (Å²) in [7, 11) is 0. The van der Waals surface area contributed by atoms with Gasteiger partial charge in [-0.15, -0.1) is 0 Å². The fourth-order valence-electron chi connectivity index (χ4n) is 7.71. The van der Waals surface area contributed by atoms with Crippen molar-refractivity contribution in [2.75, 3.05) is 4.90 Å². The Balaban J connectivity index is 1.07. The van der Waals surface area contributed by atoms with Crippen LogP contribution in [0.1, 0.15) is 68.5 Å². The first kappa shape index (κ1) is 37.2. The van der Waals surface area contributed by atoms with Gasteiger partial charge in [-0.2, -0.15) is 0 Å². The van der Waals surface area contributed by atoms with E-state index in [2.05, 4.69) is 231 Å². The van der Waals surface area contributed by atoms with Gasteiger partial charge in [-0.05, 0) is 132 Å². The summed E-state index contributed by atoms with van der Waals surface area (Å²) >= 11 is 0. The van der Waals surface area contributed by atoms with Crippen LogP contribution >= 0.6 is 0 Å². The monoisotopic (exact) mass is 735 g/mol. The van der Waals surface area contributed by atoms with Crippen molar-refractivity contribution in [3.63, 3.8) is 0 Å². The molecule has 1 aliphatic rings. The van der Waals surface area contributed by atoms with E-state index in [4.69, 9.17) is 0 Å². The lowest BCUT2D eigenvalue weighted by molar-refractivity contribution is 0.685. The number of hydrogen-bond acceptors (Lipinski definition) is 1. The lowest BCUT2D eigenvalue weighted by atomic mass is 9.91. The zero-order valence-electron chi connectivity index (χ0n) is 33.0. The van der Waals surface area contributed by atoms with E-state index in [0.717, 1.165) is 28.9 Å². The molecule has 0 radical (unpaired) electrons. The molecular weight excluding hydrogens is 687 g/mol. The number of nitrogens with zero attached hydrogens (tertiary/aromatic N) is 1. The van der Waals surface area contributed by atoms with Crippen molar-refractivity contribution in [2.45, 2.75) is 39.5 Å². The molecule has 7 aromatic carbocycles. The van der Waals surface area contributed by atoms with Crippen LogP contribution in [-0.2, 0) is 12.8 Å². The molecule has 1 heteroatoms. The molecule has 0 saturated carbocycles. The smallest absolute Gasteiger partial charge is 0.0464 e. The van der Waals surface area contributed by atoms with Gasteiger partial charge in [0.15, 0.2) is 0 Å². The van der Waals surface area contributed by atoms with Crippen molar-refractivity contribution < 1.29 is 0 Å². The number of hydrogen-bond donors (Lipinski definition) is 0. The molecular formula is C56H49N. The van der Waals surface area contributed by atoms with Gasteiger partial charge in [0.25, 0.3) is 0 Å². The summed E-state index contributed by atoms with van der Waals surface area (Å²) in [4.78, 5) is 2.39. The molecule has 0 heterocycles. The second-order valence-corrected chi connectivity index (χ2v) is 15.0. The predicted octanol–water partition coefficient (Wildman–Crippen LogP) is 14.9. The summed E-state index contributed by atoms with van der Waals surface area (Å²) in [5, 5.41) is 0. The van der Waals surface area contributed by atoms with E-state index in [1.165, 1.54) is 80.6 Å². The summed E-state index contributed by atoms with van der Waals surface area (Å²) in [6, 6.07) is 63.8. The number of allylic oxidation sites excluding steroid dienone is 4. The molecule has 0 N–H and O–H groups in total. The largest absolute Gasteiger partial charge is 0.310 e. The van der Waals surface area contributed by atoms with Gasteiger partial charge < -0.3 is 4.90 Å². The predicted molar refractivity (Wildman–Crippen MR) is 245 cm³/mol. The topological polar surface area (TPSA) is 3.24 Å². The average Bonchev–Trinajstić information content (AvgIpc) is 3.26. The highest BCUT2D eigenvalue weighted by atomic mass is 15.1. The normalized spacial score (nSPS) is 13.2. The summed E-state index contributed by atoms with van der Waals surface area (Å²) in [6.07, 6.45) is 18.0. The number of fused-ring (bicyclic) bond motifs is 1. The fourth-order valence-corrected chi connectivity index (χ4v) is 7.71. The zero-order chi connectivity index (χ0) is 38.8. The maximum Gasteiger partial charge on any atom is 0.0464 e. The molecule has 0 bridgehead atoms. The van der Waals surface area contributed by atoms with Crippen LogP contribution in [0.3, 0.4) is 0 Å². The number of anilines is 3. The Bertz CT molecular complexity index is 2360. The minimum Gasteiger partial charge on any atom is -0.310 e. The van der Waals surface area contributed by atoms with Crippen molar-refractivity contribution in [2.24, 2.45) is 0 Å². The Morgan fingerprint density at radius 2 is 0.807 bits per heavy atom. The first-order chi connectivity index (χ1) is 28.1. The minimum absolute atomic E-state index is 1.14. The lowest BCUT2D eigenvalue weighted by Crippen LogP contribution is -2.12. The van der Waals surface area contributed by atoms with Crippen molar-refractivity contribution in [3.8, 4) is 0 Å². The molecule has 278 valence electrons. The third-order valence-electron chi connectivity index (χ3n) is 10.9. The van der Waals surface area contributed by atoms with E-state index in [0.29, 0.717) is 0 Å². The Hall–Kier alpha value is -6.70. The number of aryl methyl sites for hydroxylation is 4. The second kappa shape index (κ2) is 17.8. The summed E-state index contributed by atoms with van der Waals surface area (Å²) in [5.74, 6) is 0. The quantitative estimate of drug-likeness (QED) is 0.120. The standard InChI is InChI=1S/C56H49N/c1-42-23-31-49(32-24-42)55(47-16-5-3-6-17-47)21-11-13-44-27-36-52(37-28-44)57(54-40-35-46-15-9-10-20-51(46)41-54)53-38-29-45(30-39-53)14-12-22-56(48-18-7-4-8-19-48)50-33-25-43(2)26-34-50/h3-8,11-14,16-19,21-41H,9-10,15,20H2,1-2H3/b13-11+,14-12+,55-21+,56-22+. The van der Waals surface area contributed by atoms with Gasteiger partial charge in [0.05, 0.1) is 0 Å². The maximum absolute atomic E-state index is 2.41. The third-order valence-corrected chi connectivity index (χ3v) is 10.9. The molecule has 0 amide bonds. The van der Waals surface area contributed by atoms with Crippen molar-refractivity contribution in [1.29, 1.82) is 0 Å². The van der Waals surface area contributed by atoms with E-state index in [1.54, 1.807) is 0 Å². The average molecular weight is 736 g/mol. The summed E-state index contributed by atoms with van der Waals surface area (Å²) < 4.78 is 0. The fraction of sp³-hybridized carbons (Fsp3) is 0.107. The highest BCUT2D eigenvalue weighted by molar-refractivity contribution is 5.83.